The van der Waals surface area contributed by atoms with Crippen molar-refractivity contribution in [2.75, 3.05) is 0 Å². The van der Waals surface area contributed by atoms with Gasteiger partial charge in [-0.05, 0) is 44.5 Å². The molecule has 0 fully saturated rings. The summed E-state index contributed by atoms with van der Waals surface area (Å²) in [4.78, 5) is 0. The molecule has 0 spiro atoms. The van der Waals surface area contributed by atoms with Crippen molar-refractivity contribution in [2.24, 2.45) is 0 Å². The van der Waals surface area contributed by atoms with E-state index in [4.69, 9.17) is 0 Å². The first-order chi connectivity index (χ1) is 6.37. The van der Waals surface area contributed by atoms with Crippen LogP contribution in [0.25, 0.3) is 0 Å². The van der Waals surface area contributed by atoms with Gasteiger partial charge in [0.15, 0.2) is 0 Å². The molecule has 1 rings (SSSR count). The highest BCUT2D eigenvalue weighted by molar-refractivity contribution is 9.11. The maximum Gasteiger partial charge on any atom is 0.0211 e. The van der Waals surface area contributed by atoms with Gasteiger partial charge >= 0.3 is 0 Å². The minimum atomic E-state index is 0.162. The van der Waals surface area contributed by atoms with E-state index in [0.29, 0.717) is 0 Å². The average Bonchev–Trinajstić information content (AvgIpc) is 1.97. The standard InChI is InChI=1S/C11H15Br2N/c1-11(2,3)14-7-8-4-9(12)6-10(13)5-8/h4-6,14H,7H2,1-3H3. The molecule has 14 heavy (non-hydrogen) atoms. The summed E-state index contributed by atoms with van der Waals surface area (Å²) in [5, 5.41) is 3.45. The van der Waals surface area contributed by atoms with Crippen LogP contribution in [0.1, 0.15) is 26.3 Å². The largest absolute Gasteiger partial charge is 0.308 e. The molecule has 0 aromatic heterocycles. The zero-order valence-corrected chi connectivity index (χ0v) is 11.9. The van der Waals surface area contributed by atoms with E-state index < -0.39 is 0 Å². The van der Waals surface area contributed by atoms with E-state index in [1.807, 2.05) is 6.07 Å². The molecule has 0 bridgehead atoms. The second kappa shape index (κ2) is 4.77. The van der Waals surface area contributed by atoms with E-state index in [2.05, 4.69) is 70.1 Å². The van der Waals surface area contributed by atoms with Gasteiger partial charge in [0.2, 0.25) is 0 Å². The van der Waals surface area contributed by atoms with E-state index in [0.717, 1.165) is 15.5 Å². The van der Waals surface area contributed by atoms with Gasteiger partial charge in [0.1, 0.15) is 0 Å². The predicted octanol–water partition coefficient (Wildman–Crippen LogP) is 4.10. The molecule has 3 heteroatoms. The molecule has 1 nitrogen and oxygen atoms in total. The third-order valence-electron chi connectivity index (χ3n) is 1.75. The summed E-state index contributed by atoms with van der Waals surface area (Å²) >= 11 is 6.95. The maximum atomic E-state index is 3.48. The van der Waals surface area contributed by atoms with Crippen molar-refractivity contribution in [1.82, 2.24) is 5.32 Å². The van der Waals surface area contributed by atoms with Gasteiger partial charge in [0, 0.05) is 21.0 Å². The SMILES string of the molecule is CC(C)(C)NCc1cc(Br)cc(Br)c1. The summed E-state index contributed by atoms with van der Waals surface area (Å²) in [6, 6.07) is 6.30. The van der Waals surface area contributed by atoms with Crippen LogP contribution in [-0.2, 0) is 6.54 Å². The van der Waals surface area contributed by atoms with Gasteiger partial charge in [-0.15, -0.1) is 0 Å². The lowest BCUT2D eigenvalue weighted by Gasteiger charge is -2.20. The lowest BCUT2D eigenvalue weighted by molar-refractivity contribution is 0.424. The Morgan fingerprint density at radius 2 is 1.57 bits per heavy atom. The molecule has 0 atom stereocenters. The number of nitrogens with one attached hydrogen (secondary N) is 1. The minimum absolute atomic E-state index is 0.162. The molecule has 1 aromatic carbocycles. The van der Waals surface area contributed by atoms with E-state index >= 15 is 0 Å². The van der Waals surface area contributed by atoms with E-state index in [1.165, 1.54) is 5.56 Å². The van der Waals surface area contributed by atoms with Crippen LogP contribution in [0.4, 0.5) is 0 Å². The van der Waals surface area contributed by atoms with Crippen molar-refractivity contribution in [3.63, 3.8) is 0 Å². The van der Waals surface area contributed by atoms with E-state index in [9.17, 15) is 0 Å². The minimum Gasteiger partial charge on any atom is -0.308 e. The Kier molecular flexibility index (Phi) is 4.16. The van der Waals surface area contributed by atoms with Crippen LogP contribution < -0.4 is 5.32 Å². The van der Waals surface area contributed by atoms with Gasteiger partial charge < -0.3 is 5.32 Å². The molecule has 0 aliphatic heterocycles. The fourth-order valence-corrected chi connectivity index (χ4v) is 2.47. The molecule has 0 unspecified atom stereocenters. The highest BCUT2D eigenvalue weighted by atomic mass is 79.9. The Morgan fingerprint density at radius 1 is 1.07 bits per heavy atom. The van der Waals surface area contributed by atoms with Crippen molar-refractivity contribution in [1.29, 1.82) is 0 Å². The first-order valence-corrected chi connectivity index (χ1v) is 6.15. The Labute approximate surface area is 103 Å². The first kappa shape index (κ1) is 12.2. The first-order valence-electron chi connectivity index (χ1n) is 4.57. The van der Waals surface area contributed by atoms with E-state index in [1.54, 1.807) is 0 Å². The van der Waals surface area contributed by atoms with Crippen LogP contribution in [0.5, 0.6) is 0 Å². The van der Waals surface area contributed by atoms with Crippen LogP contribution in [0.3, 0.4) is 0 Å². The Morgan fingerprint density at radius 3 is 2.00 bits per heavy atom. The van der Waals surface area contributed by atoms with Crippen LogP contribution in [0.15, 0.2) is 27.1 Å². The third kappa shape index (κ3) is 4.58. The number of hydrogen-bond donors (Lipinski definition) is 1. The van der Waals surface area contributed by atoms with Crippen LogP contribution >= 0.6 is 31.9 Å². The molecule has 78 valence electrons. The molecule has 1 aromatic rings. The molecule has 0 aliphatic carbocycles. The summed E-state index contributed by atoms with van der Waals surface area (Å²) in [7, 11) is 0. The molecule has 0 amide bonds. The van der Waals surface area contributed by atoms with Gasteiger partial charge in [-0.3, -0.25) is 0 Å². The zero-order valence-electron chi connectivity index (χ0n) is 8.70. The lowest BCUT2D eigenvalue weighted by atomic mass is 10.1. The number of benzene rings is 1. The molecule has 0 aliphatic rings. The number of hydrogen-bond acceptors (Lipinski definition) is 1. The summed E-state index contributed by atoms with van der Waals surface area (Å²) in [6.07, 6.45) is 0. The summed E-state index contributed by atoms with van der Waals surface area (Å²) in [6.45, 7) is 7.39. The number of rotatable bonds is 2. The molecule has 0 heterocycles. The van der Waals surface area contributed by atoms with Crippen molar-refractivity contribution in [2.45, 2.75) is 32.9 Å². The topological polar surface area (TPSA) is 12.0 Å². The fourth-order valence-electron chi connectivity index (χ4n) is 1.08. The van der Waals surface area contributed by atoms with E-state index in [-0.39, 0.29) is 5.54 Å². The zero-order chi connectivity index (χ0) is 10.8. The summed E-state index contributed by atoms with van der Waals surface area (Å²) in [5.41, 5.74) is 1.44. The molecule has 1 N–H and O–H groups in total. The maximum absolute atomic E-state index is 3.48. The molecule has 0 saturated heterocycles. The van der Waals surface area contributed by atoms with Crippen molar-refractivity contribution < 1.29 is 0 Å². The second-order valence-corrected chi connectivity index (χ2v) is 6.21. The molecule has 0 radical (unpaired) electrons. The quantitative estimate of drug-likeness (QED) is 0.865. The third-order valence-corrected chi connectivity index (χ3v) is 2.66. The fraction of sp³-hybridized carbons (Fsp3) is 0.455. The second-order valence-electron chi connectivity index (χ2n) is 4.38. The smallest absolute Gasteiger partial charge is 0.0211 e. The predicted molar refractivity (Wildman–Crippen MR) is 68.4 cm³/mol. The monoisotopic (exact) mass is 319 g/mol. The van der Waals surface area contributed by atoms with Gasteiger partial charge in [0.25, 0.3) is 0 Å². The molecular weight excluding hydrogens is 306 g/mol. The van der Waals surface area contributed by atoms with Gasteiger partial charge in [0.05, 0.1) is 0 Å². The van der Waals surface area contributed by atoms with Crippen molar-refractivity contribution in [3.8, 4) is 0 Å². The Balaban J connectivity index is 2.68. The summed E-state index contributed by atoms with van der Waals surface area (Å²) < 4.78 is 2.22. The molecular formula is C11H15Br2N. The average molecular weight is 321 g/mol. The summed E-state index contributed by atoms with van der Waals surface area (Å²) in [5.74, 6) is 0. The highest BCUT2D eigenvalue weighted by Gasteiger charge is 2.08. The highest BCUT2D eigenvalue weighted by Crippen LogP contribution is 2.20. The van der Waals surface area contributed by atoms with Gasteiger partial charge in [-0.25, -0.2) is 0 Å². The number of halogens is 2. The Hall–Kier alpha value is 0.140. The van der Waals surface area contributed by atoms with Crippen LogP contribution in [0.2, 0.25) is 0 Å². The lowest BCUT2D eigenvalue weighted by Crippen LogP contribution is -2.35. The van der Waals surface area contributed by atoms with Crippen molar-refractivity contribution >= 4 is 31.9 Å². The van der Waals surface area contributed by atoms with Crippen molar-refractivity contribution in [3.05, 3.63) is 32.7 Å². The Bertz CT molecular complexity index is 295. The normalized spacial score (nSPS) is 11.8. The van der Waals surface area contributed by atoms with Gasteiger partial charge in [-0.2, -0.15) is 0 Å². The van der Waals surface area contributed by atoms with Crippen LogP contribution in [-0.4, -0.2) is 5.54 Å². The van der Waals surface area contributed by atoms with Gasteiger partial charge in [-0.1, -0.05) is 31.9 Å². The van der Waals surface area contributed by atoms with Crippen LogP contribution in [0, 0.1) is 0 Å². The molecule has 0 saturated carbocycles.